The first-order valence-corrected chi connectivity index (χ1v) is 20.0. The van der Waals surface area contributed by atoms with Gasteiger partial charge in [0, 0.05) is 32.3 Å². The lowest BCUT2D eigenvalue weighted by Gasteiger charge is -2.22. The third-order valence-electron chi connectivity index (χ3n) is 12.6. The maximum absolute atomic E-state index is 5.59. The summed E-state index contributed by atoms with van der Waals surface area (Å²) in [5, 5.41) is 17.1. The van der Waals surface area contributed by atoms with Crippen molar-refractivity contribution in [2.75, 3.05) is 0 Å². The van der Waals surface area contributed by atoms with Crippen molar-refractivity contribution in [3.63, 3.8) is 0 Å². The van der Waals surface area contributed by atoms with Crippen molar-refractivity contribution in [1.29, 1.82) is 0 Å². The quantitative estimate of drug-likeness (QED) is 0.134. The van der Waals surface area contributed by atoms with Crippen molar-refractivity contribution in [3.8, 4) is 22.3 Å². The molecule has 0 aliphatic carbocycles. The van der Waals surface area contributed by atoms with Crippen LogP contribution < -0.4 is 0 Å². The van der Waals surface area contributed by atoms with E-state index in [2.05, 4.69) is 173 Å². The Kier molecular flexibility index (Phi) is 6.47. The van der Waals surface area contributed by atoms with Crippen LogP contribution in [0.1, 0.15) is 50.7 Å². The predicted octanol–water partition coefficient (Wildman–Crippen LogP) is 15.3. The van der Waals surface area contributed by atoms with Gasteiger partial charge >= 0.3 is 0 Å². The van der Waals surface area contributed by atoms with E-state index in [1.807, 2.05) is 0 Å². The smallest absolute Gasteiger partial charge is 0.0801 e. The summed E-state index contributed by atoms with van der Waals surface area (Å²) < 4.78 is 0. The second-order valence-electron chi connectivity index (χ2n) is 16.5. The van der Waals surface area contributed by atoms with Gasteiger partial charge in [0.1, 0.15) is 0 Å². The van der Waals surface area contributed by atoms with Crippen molar-refractivity contribution in [2.24, 2.45) is 0 Å². The van der Waals surface area contributed by atoms with Crippen LogP contribution >= 0.6 is 0 Å². The van der Waals surface area contributed by atoms with Crippen LogP contribution in [0.4, 0.5) is 0 Å². The summed E-state index contributed by atoms with van der Waals surface area (Å²) in [6.45, 7) is 9.04. The monoisotopic (exact) mass is 714 g/mol. The molecule has 0 unspecified atom stereocenters. The molecule has 2 heteroatoms. The Morgan fingerprint density at radius 3 is 1.16 bits per heavy atom. The maximum atomic E-state index is 5.59. The lowest BCUT2D eigenvalue weighted by atomic mass is 9.84. The third kappa shape index (κ3) is 4.33. The zero-order chi connectivity index (χ0) is 37.4. The fourth-order valence-electron chi connectivity index (χ4n) is 9.81. The summed E-state index contributed by atoms with van der Waals surface area (Å²) in [4.78, 5) is 11.2. The highest BCUT2D eigenvalue weighted by molar-refractivity contribution is 6.41. The van der Waals surface area contributed by atoms with E-state index in [0.29, 0.717) is 11.8 Å². The van der Waals surface area contributed by atoms with E-state index in [9.17, 15) is 0 Å². The summed E-state index contributed by atoms with van der Waals surface area (Å²) >= 11 is 0. The van der Waals surface area contributed by atoms with E-state index in [-0.39, 0.29) is 0 Å². The highest BCUT2D eigenvalue weighted by Crippen LogP contribution is 2.50. The first-order chi connectivity index (χ1) is 27.4. The Labute approximate surface area is 324 Å². The number of rotatable bonds is 4. The molecule has 0 aliphatic heterocycles. The Hall–Kier alpha value is -6.64. The first kappa shape index (κ1) is 31.7. The fraction of sp³-hybridized carbons (Fsp3) is 0.111. The molecular weight excluding hydrogens is 677 g/mol. The van der Waals surface area contributed by atoms with Gasteiger partial charge < -0.3 is 0 Å². The molecule has 12 aromatic rings. The highest BCUT2D eigenvalue weighted by Gasteiger charge is 2.25. The molecule has 264 valence electrons. The number of fused-ring (bicyclic) bond motifs is 6. The minimum absolute atomic E-state index is 0.490. The summed E-state index contributed by atoms with van der Waals surface area (Å²) in [5.74, 6) is 0.981. The van der Waals surface area contributed by atoms with Crippen molar-refractivity contribution >= 4 is 97.5 Å². The number of benzene rings is 10. The number of pyridine rings is 2. The Balaban J connectivity index is 1.20. The van der Waals surface area contributed by atoms with Gasteiger partial charge in [-0.3, -0.25) is 0 Å². The molecule has 0 fully saturated rings. The van der Waals surface area contributed by atoms with Crippen molar-refractivity contribution in [2.45, 2.75) is 39.5 Å². The van der Waals surface area contributed by atoms with Crippen LogP contribution in [0.3, 0.4) is 0 Å². The van der Waals surface area contributed by atoms with E-state index < -0.39 is 0 Å². The highest BCUT2D eigenvalue weighted by atomic mass is 14.7. The van der Waals surface area contributed by atoms with Crippen LogP contribution in [-0.4, -0.2) is 9.97 Å². The molecule has 2 nitrogen and oxygen atoms in total. The van der Waals surface area contributed by atoms with Gasteiger partial charge in [0.2, 0.25) is 0 Å². The molecule has 0 atom stereocenters. The lowest BCUT2D eigenvalue weighted by molar-refractivity contribution is 0.869. The molecule has 0 aliphatic rings. The molecule has 2 aromatic heterocycles. The molecule has 0 spiro atoms. The summed E-state index contributed by atoms with van der Waals surface area (Å²) in [5.41, 5.74) is 11.8. The van der Waals surface area contributed by atoms with Crippen LogP contribution in [0.2, 0.25) is 0 Å². The van der Waals surface area contributed by atoms with Crippen LogP contribution in [-0.2, 0) is 0 Å². The molecule has 0 saturated heterocycles. The predicted molar refractivity (Wildman–Crippen MR) is 241 cm³/mol. The first-order valence-electron chi connectivity index (χ1n) is 20.0. The average molecular weight is 715 g/mol. The van der Waals surface area contributed by atoms with E-state index in [1.165, 1.54) is 109 Å². The van der Waals surface area contributed by atoms with Gasteiger partial charge in [0.15, 0.2) is 0 Å². The summed E-state index contributed by atoms with van der Waals surface area (Å²) in [7, 11) is 0. The molecule has 56 heavy (non-hydrogen) atoms. The summed E-state index contributed by atoms with van der Waals surface area (Å²) in [6, 6.07) is 54.6. The molecular formula is C54H38N2. The number of aromatic nitrogens is 2. The largest absolute Gasteiger partial charge is 0.247 e. The van der Waals surface area contributed by atoms with E-state index >= 15 is 0 Å². The molecule has 2 heterocycles. The van der Waals surface area contributed by atoms with Gasteiger partial charge in [-0.2, -0.15) is 0 Å². The van der Waals surface area contributed by atoms with Gasteiger partial charge in [-0.25, -0.2) is 9.97 Å². The minimum Gasteiger partial charge on any atom is -0.247 e. The molecule has 0 bridgehead atoms. The molecule has 0 amide bonds. The molecule has 0 N–H and O–H groups in total. The van der Waals surface area contributed by atoms with Crippen LogP contribution in [0.5, 0.6) is 0 Å². The normalized spacial score (nSPS) is 12.6. The average Bonchev–Trinajstić information content (AvgIpc) is 3.23. The van der Waals surface area contributed by atoms with Gasteiger partial charge in [-0.15, -0.1) is 0 Å². The topological polar surface area (TPSA) is 25.8 Å². The van der Waals surface area contributed by atoms with Gasteiger partial charge in [0.05, 0.1) is 22.1 Å². The van der Waals surface area contributed by atoms with Gasteiger partial charge in [-0.05, 0) is 113 Å². The van der Waals surface area contributed by atoms with Crippen LogP contribution in [0, 0.1) is 0 Å². The molecule has 12 rings (SSSR count). The lowest BCUT2D eigenvalue weighted by Crippen LogP contribution is -1.98. The number of nitrogens with zero attached hydrogens (tertiary/aromatic N) is 2. The molecule has 10 aromatic carbocycles. The Bertz CT molecular complexity index is 3350. The Morgan fingerprint density at radius 1 is 0.339 bits per heavy atom. The second-order valence-corrected chi connectivity index (χ2v) is 16.5. The molecule has 0 radical (unpaired) electrons. The summed E-state index contributed by atoms with van der Waals surface area (Å²) in [6.07, 6.45) is 0. The number of hydrogen-bond acceptors (Lipinski definition) is 2. The van der Waals surface area contributed by atoms with E-state index in [1.54, 1.807) is 0 Å². The van der Waals surface area contributed by atoms with Crippen LogP contribution in [0.15, 0.2) is 146 Å². The zero-order valence-electron chi connectivity index (χ0n) is 31.9. The second kappa shape index (κ2) is 11.4. The molecule has 0 saturated carbocycles. The standard InChI is InChI=1S/C54H38N2/c1-29(2)31-13-15-35-27-37(19-17-33(35)25-31)47-39-9-5-7-11-41(39)53-49-43(47)21-23-45-51(49)52-46(55-53)24-22-44-48(40-10-6-8-12-42(40)54(56-45)50(44)52)38-20-18-34-26-32(30(3)4)14-16-36(34)28-38/h5-30H,1-4H3. The van der Waals surface area contributed by atoms with Gasteiger partial charge in [0.25, 0.3) is 0 Å². The number of hydrogen-bond donors (Lipinski definition) is 0. The fourth-order valence-corrected chi connectivity index (χ4v) is 9.81. The third-order valence-corrected chi connectivity index (χ3v) is 12.6. The van der Waals surface area contributed by atoms with E-state index in [0.717, 1.165) is 22.1 Å². The van der Waals surface area contributed by atoms with Crippen molar-refractivity contribution < 1.29 is 0 Å². The Morgan fingerprint density at radius 2 is 0.732 bits per heavy atom. The van der Waals surface area contributed by atoms with Crippen LogP contribution in [0.25, 0.3) is 120 Å². The maximum Gasteiger partial charge on any atom is 0.0801 e. The van der Waals surface area contributed by atoms with Crippen molar-refractivity contribution in [1.82, 2.24) is 9.97 Å². The zero-order valence-corrected chi connectivity index (χ0v) is 31.9. The SMILES string of the molecule is CC(C)c1ccc2cc(-c3c4ccccc4c4nc5ccc6c(-c7ccc8cc(C(C)C)ccc8c7)c7ccccc7c7nc8ccc3c4c8c5c67)ccc2c1. The van der Waals surface area contributed by atoms with Crippen molar-refractivity contribution in [3.05, 3.63) is 157 Å². The van der Waals surface area contributed by atoms with Gasteiger partial charge in [-0.1, -0.05) is 149 Å². The minimum atomic E-state index is 0.490. The van der Waals surface area contributed by atoms with E-state index in [4.69, 9.17) is 9.97 Å².